The minimum Gasteiger partial charge on any atom is -0.492 e. The average Bonchev–Trinajstić information content (AvgIpc) is 2.26. The third-order valence-electron chi connectivity index (χ3n) is 2.72. The Hall–Kier alpha value is -1.03. The summed E-state index contributed by atoms with van der Waals surface area (Å²) in [5.41, 5.74) is 0.451. The number of hydrogen-bond acceptors (Lipinski definition) is 3. The second-order valence-corrected chi connectivity index (χ2v) is 6.24. The van der Waals surface area contributed by atoms with Crippen molar-refractivity contribution in [1.82, 2.24) is 0 Å². The first-order valence-electron chi connectivity index (χ1n) is 6.02. The van der Waals surface area contributed by atoms with Crippen LogP contribution in [-0.2, 0) is 9.53 Å². The highest BCUT2D eigenvalue weighted by molar-refractivity contribution is 9.10. The minimum absolute atomic E-state index is 0.176. The molecule has 0 fully saturated rings. The van der Waals surface area contributed by atoms with E-state index < -0.39 is 5.60 Å². The van der Waals surface area contributed by atoms with E-state index >= 15 is 0 Å². The topological polar surface area (TPSA) is 35.5 Å². The van der Waals surface area contributed by atoms with Gasteiger partial charge in [0.2, 0.25) is 0 Å². The average molecular weight is 313 g/mol. The maximum atomic E-state index is 12.2. The quantitative estimate of drug-likeness (QED) is 0.742. The molecule has 1 aliphatic heterocycles. The van der Waals surface area contributed by atoms with Crippen molar-refractivity contribution in [2.24, 2.45) is 0 Å². The van der Waals surface area contributed by atoms with Crippen LogP contribution in [0.3, 0.4) is 0 Å². The highest BCUT2D eigenvalue weighted by Gasteiger charge is 2.32. The largest absolute Gasteiger partial charge is 0.492 e. The molecule has 2 rings (SSSR count). The van der Waals surface area contributed by atoms with E-state index in [0.29, 0.717) is 13.0 Å². The fraction of sp³-hybridized carbons (Fsp3) is 0.500. The van der Waals surface area contributed by atoms with Gasteiger partial charge in [-0.15, -0.1) is 0 Å². The molecule has 0 radical (unpaired) electrons. The lowest BCUT2D eigenvalue weighted by Crippen LogP contribution is -2.30. The Bertz CT molecular complexity index is 463. The van der Waals surface area contributed by atoms with Crippen molar-refractivity contribution < 1.29 is 14.3 Å². The smallest absolute Gasteiger partial charge is 0.314 e. The van der Waals surface area contributed by atoms with Crippen LogP contribution in [0.1, 0.15) is 38.7 Å². The molecule has 0 aromatic heterocycles. The summed E-state index contributed by atoms with van der Waals surface area (Å²) < 4.78 is 12.0. The number of carbonyl (C=O) groups is 1. The van der Waals surface area contributed by atoms with Crippen LogP contribution >= 0.6 is 15.9 Å². The maximum Gasteiger partial charge on any atom is 0.314 e. The van der Waals surface area contributed by atoms with E-state index in [1.807, 2.05) is 39.0 Å². The van der Waals surface area contributed by atoms with Crippen LogP contribution in [-0.4, -0.2) is 18.2 Å². The van der Waals surface area contributed by atoms with Gasteiger partial charge in [0.1, 0.15) is 11.4 Å². The molecule has 1 atom stereocenters. The van der Waals surface area contributed by atoms with Gasteiger partial charge >= 0.3 is 5.97 Å². The lowest BCUT2D eigenvalue weighted by atomic mass is 9.93. The lowest BCUT2D eigenvalue weighted by Gasteiger charge is -2.28. The standard InChI is InChI=1S/C14H17BrO3/c1-14(2,3)18-13(16)10-7-8-17-12-9(10)5-4-6-11(12)15/h4-6,10H,7-8H2,1-3H3. The molecular formula is C14H17BrO3. The Labute approximate surface area is 116 Å². The molecule has 1 aromatic carbocycles. The SMILES string of the molecule is CC(C)(C)OC(=O)C1CCOc2c(Br)cccc21. The molecule has 1 unspecified atom stereocenters. The molecule has 0 saturated heterocycles. The molecule has 0 bridgehead atoms. The normalized spacial score (nSPS) is 18.8. The molecule has 1 heterocycles. The zero-order chi connectivity index (χ0) is 13.3. The van der Waals surface area contributed by atoms with Crippen LogP contribution in [0.4, 0.5) is 0 Å². The van der Waals surface area contributed by atoms with Crippen LogP contribution < -0.4 is 4.74 Å². The summed E-state index contributed by atoms with van der Waals surface area (Å²) in [6.45, 7) is 6.18. The Balaban J connectivity index is 2.28. The van der Waals surface area contributed by atoms with Crippen LogP contribution in [0.15, 0.2) is 22.7 Å². The van der Waals surface area contributed by atoms with E-state index in [-0.39, 0.29) is 11.9 Å². The molecular weight excluding hydrogens is 296 g/mol. The fourth-order valence-electron chi connectivity index (χ4n) is 2.00. The molecule has 0 amide bonds. The Morgan fingerprint density at radius 1 is 1.44 bits per heavy atom. The molecule has 0 saturated carbocycles. The van der Waals surface area contributed by atoms with E-state index in [0.717, 1.165) is 15.8 Å². The van der Waals surface area contributed by atoms with Crippen molar-refractivity contribution in [3.8, 4) is 5.75 Å². The molecule has 4 heteroatoms. The number of ether oxygens (including phenoxy) is 2. The lowest BCUT2D eigenvalue weighted by molar-refractivity contribution is -0.157. The molecule has 1 aromatic rings. The fourth-order valence-corrected chi connectivity index (χ4v) is 2.50. The predicted octanol–water partition coefficient (Wildman–Crippen LogP) is 3.66. The van der Waals surface area contributed by atoms with Crippen molar-refractivity contribution in [2.75, 3.05) is 6.61 Å². The first-order valence-corrected chi connectivity index (χ1v) is 6.82. The molecule has 1 aliphatic rings. The van der Waals surface area contributed by atoms with Crippen molar-refractivity contribution >= 4 is 21.9 Å². The summed E-state index contributed by atoms with van der Waals surface area (Å²) >= 11 is 3.44. The van der Waals surface area contributed by atoms with Crippen molar-refractivity contribution in [1.29, 1.82) is 0 Å². The van der Waals surface area contributed by atoms with E-state index in [9.17, 15) is 4.79 Å². The molecule has 98 valence electrons. The van der Waals surface area contributed by atoms with Crippen LogP contribution in [0.25, 0.3) is 0 Å². The minimum atomic E-state index is -0.457. The molecule has 18 heavy (non-hydrogen) atoms. The predicted molar refractivity (Wildman–Crippen MR) is 72.8 cm³/mol. The summed E-state index contributed by atoms with van der Waals surface area (Å²) in [6.07, 6.45) is 0.665. The van der Waals surface area contributed by atoms with Crippen molar-refractivity contribution in [3.05, 3.63) is 28.2 Å². The maximum absolute atomic E-state index is 12.2. The number of carbonyl (C=O) groups excluding carboxylic acids is 1. The second kappa shape index (κ2) is 4.92. The van der Waals surface area contributed by atoms with Gasteiger partial charge in [-0.25, -0.2) is 0 Å². The summed E-state index contributed by atoms with van der Waals surface area (Å²) in [7, 11) is 0. The van der Waals surface area contributed by atoms with Gasteiger partial charge in [0.05, 0.1) is 17.0 Å². The third-order valence-corrected chi connectivity index (χ3v) is 3.34. The number of esters is 1. The monoisotopic (exact) mass is 312 g/mol. The highest BCUT2D eigenvalue weighted by atomic mass is 79.9. The Morgan fingerprint density at radius 2 is 2.17 bits per heavy atom. The zero-order valence-electron chi connectivity index (χ0n) is 10.8. The number of benzene rings is 1. The van der Waals surface area contributed by atoms with E-state index in [2.05, 4.69) is 15.9 Å². The number of para-hydroxylation sites is 1. The highest BCUT2D eigenvalue weighted by Crippen LogP contribution is 2.39. The number of halogens is 1. The van der Waals surface area contributed by atoms with E-state index in [1.165, 1.54) is 0 Å². The van der Waals surface area contributed by atoms with Gasteiger partial charge in [0.15, 0.2) is 0 Å². The van der Waals surface area contributed by atoms with Crippen LogP contribution in [0.5, 0.6) is 5.75 Å². The van der Waals surface area contributed by atoms with Gasteiger partial charge in [-0.2, -0.15) is 0 Å². The third kappa shape index (κ3) is 2.86. The van der Waals surface area contributed by atoms with Crippen LogP contribution in [0, 0.1) is 0 Å². The Morgan fingerprint density at radius 3 is 2.83 bits per heavy atom. The summed E-state index contributed by atoms with van der Waals surface area (Å²) in [4.78, 5) is 12.2. The van der Waals surface area contributed by atoms with Crippen LogP contribution in [0.2, 0.25) is 0 Å². The first-order chi connectivity index (χ1) is 8.38. The van der Waals surface area contributed by atoms with Crippen molar-refractivity contribution in [3.63, 3.8) is 0 Å². The Kier molecular flexibility index (Phi) is 3.66. The zero-order valence-corrected chi connectivity index (χ0v) is 12.4. The summed E-state index contributed by atoms with van der Waals surface area (Å²) in [6, 6.07) is 5.75. The van der Waals surface area contributed by atoms with Gasteiger partial charge in [0, 0.05) is 5.56 Å². The van der Waals surface area contributed by atoms with E-state index in [1.54, 1.807) is 0 Å². The molecule has 0 aliphatic carbocycles. The number of hydrogen-bond donors (Lipinski definition) is 0. The second-order valence-electron chi connectivity index (χ2n) is 5.38. The molecule has 0 N–H and O–H groups in total. The first kappa shape index (κ1) is 13.4. The van der Waals surface area contributed by atoms with Gasteiger partial charge in [-0.05, 0) is 49.2 Å². The number of fused-ring (bicyclic) bond motifs is 1. The molecule has 0 spiro atoms. The van der Waals surface area contributed by atoms with Gasteiger partial charge in [-0.3, -0.25) is 4.79 Å². The molecule has 3 nitrogen and oxygen atoms in total. The summed E-state index contributed by atoms with van der Waals surface area (Å²) in [5.74, 6) is 0.357. The van der Waals surface area contributed by atoms with Gasteiger partial charge in [-0.1, -0.05) is 12.1 Å². The van der Waals surface area contributed by atoms with Gasteiger partial charge in [0.25, 0.3) is 0 Å². The van der Waals surface area contributed by atoms with Gasteiger partial charge < -0.3 is 9.47 Å². The van der Waals surface area contributed by atoms with E-state index in [4.69, 9.17) is 9.47 Å². The summed E-state index contributed by atoms with van der Waals surface area (Å²) in [5, 5.41) is 0. The number of rotatable bonds is 1. The van der Waals surface area contributed by atoms with Crippen molar-refractivity contribution in [2.45, 2.75) is 38.7 Å².